The molecule has 2 N–H and O–H groups in total. The summed E-state index contributed by atoms with van der Waals surface area (Å²) in [4.78, 5) is 17.6. The first-order valence-corrected chi connectivity index (χ1v) is 4.85. The number of hydrogen-bond acceptors (Lipinski definition) is 7. The molecule has 0 aromatic carbocycles. The predicted octanol–water partition coefficient (Wildman–Crippen LogP) is 0.576. The average molecular weight is 242 g/mol. The zero-order valence-corrected chi connectivity index (χ0v) is 9.80. The summed E-state index contributed by atoms with van der Waals surface area (Å²) in [5.41, 5.74) is -1.36. The highest BCUT2D eigenvalue weighted by atomic mass is 16.6. The Kier molecular flexibility index (Phi) is 3.79. The van der Waals surface area contributed by atoms with Crippen molar-refractivity contribution in [1.82, 2.24) is 9.97 Å². The number of aromatic nitrogens is 2. The van der Waals surface area contributed by atoms with Crippen LogP contribution >= 0.6 is 0 Å². The maximum Gasteiger partial charge on any atom is 0.372 e. The SMILES string of the molecule is COc1ncnc(NCC(C)(C)O)c1[N+](=O)[O-]. The molecule has 0 aliphatic carbocycles. The average Bonchev–Trinajstić information content (AvgIpc) is 2.24. The second-order valence-electron chi connectivity index (χ2n) is 4.00. The molecule has 8 nitrogen and oxygen atoms in total. The van der Waals surface area contributed by atoms with Gasteiger partial charge in [-0.15, -0.1) is 0 Å². The van der Waals surface area contributed by atoms with Gasteiger partial charge in [0.05, 0.1) is 17.6 Å². The minimum absolute atomic E-state index is 0.0176. The molecule has 1 aromatic heterocycles. The molecule has 1 aromatic rings. The topological polar surface area (TPSA) is 110 Å². The van der Waals surface area contributed by atoms with Crippen LogP contribution in [0, 0.1) is 10.1 Å². The molecule has 0 amide bonds. The monoisotopic (exact) mass is 242 g/mol. The van der Waals surface area contributed by atoms with Crippen molar-refractivity contribution in [2.24, 2.45) is 0 Å². The third kappa shape index (κ3) is 3.52. The number of nitro groups is 1. The molecule has 0 spiro atoms. The van der Waals surface area contributed by atoms with Gasteiger partial charge >= 0.3 is 5.69 Å². The van der Waals surface area contributed by atoms with Gasteiger partial charge < -0.3 is 15.2 Å². The molecule has 0 aliphatic heterocycles. The van der Waals surface area contributed by atoms with Gasteiger partial charge in [0.1, 0.15) is 6.33 Å². The van der Waals surface area contributed by atoms with Gasteiger partial charge in [0.2, 0.25) is 5.82 Å². The summed E-state index contributed by atoms with van der Waals surface area (Å²) in [5.74, 6) is -0.104. The van der Waals surface area contributed by atoms with Crippen LogP contribution in [-0.2, 0) is 0 Å². The molecule has 0 fully saturated rings. The maximum absolute atomic E-state index is 10.9. The summed E-state index contributed by atoms with van der Waals surface area (Å²) in [6.45, 7) is 3.27. The third-order valence-electron chi connectivity index (χ3n) is 1.85. The molecule has 17 heavy (non-hydrogen) atoms. The fraction of sp³-hybridized carbons (Fsp3) is 0.556. The molecule has 94 valence electrons. The molecule has 0 unspecified atom stereocenters. The van der Waals surface area contributed by atoms with E-state index in [4.69, 9.17) is 4.74 Å². The lowest BCUT2D eigenvalue weighted by molar-refractivity contribution is -0.385. The lowest BCUT2D eigenvalue weighted by atomic mass is 10.1. The molecular weight excluding hydrogens is 228 g/mol. The van der Waals surface area contributed by atoms with Crippen LogP contribution in [-0.4, -0.2) is 39.3 Å². The summed E-state index contributed by atoms with van der Waals surface area (Å²) in [6.07, 6.45) is 1.15. The number of nitrogens with one attached hydrogen (secondary N) is 1. The quantitative estimate of drug-likeness (QED) is 0.573. The number of nitrogens with zero attached hydrogens (tertiary/aromatic N) is 3. The minimum Gasteiger partial charge on any atom is -0.476 e. The van der Waals surface area contributed by atoms with Gasteiger partial charge in [-0.2, -0.15) is 4.98 Å². The van der Waals surface area contributed by atoms with E-state index in [0.29, 0.717) is 0 Å². The van der Waals surface area contributed by atoms with Crippen LogP contribution in [0.1, 0.15) is 13.8 Å². The van der Waals surface area contributed by atoms with E-state index in [1.165, 1.54) is 7.11 Å². The van der Waals surface area contributed by atoms with E-state index in [1.807, 2.05) is 0 Å². The molecule has 0 bridgehead atoms. The lowest BCUT2D eigenvalue weighted by Crippen LogP contribution is -2.29. The van der Waals surface area contributed by atoms with E-state index < -0.39 is 10.5 Å². The highest BCUT2D eigenvalue weighted by Crippen LogP contribution is 2.30. The van der Waals surface area contributed by atoms with Crippen LogP contribution in [0.5, 0.6) is 5.88 Å². The van der Waals surface area contributed by atoms with Gasteiger partial charge in [0.25, 0.3) is 5.88 Å². The van der Waals surface area contributed by atoms with Crippen LogP contribution in [0.3, 0.4) is 0 Å². The Balaban J connectivity index is 3.02. The van der Waals surface area contributed by atoms with Crippen LogP contribution in [0.4, 0.5) is 11.5 Å². The predicted molar refractivity (Wildman–Crippen MR) is 60.0 cm³/mol. The molecule has 0 saturated heterocycles. The van der Waals surface area contributed by atoms with Gasteiger partial charge in [-0.1, -0.05) is 0 Å². The Bertz CT molecular complexity index is 416. The number of methoxy groups -OCH3 is 1. The summed E-state index contributed by atoms with van der Waals surface area (Å²) in [6, 6.07) is 0. The Morgan fingerprint density at radius 3 is 2.71 bits per heavy atom. The Morgan fingerprint density at radius 2 is 2.24 bits per heavy atom. The highest BCUT2D eigenvalue weighted by Gasteiger charge is 2.25. The van der Waals surface area contributed by atoms with Crippen LogP contribution in [0.2, 0.25) is 0 Å². The van der Waals surface area contributed by atoms with E-state index in [-0.39, 0.29) is 23.9 Å². The smallest absolute Gasteiger partial charge is 0.372 e. The van der Waals surface area contributed by atoms with Crippen molar-refractivity contribution in [2.75, 3.05) is 19.0 Å². The molecule has 0 radical (unpaired) electrons. The normalized spacial score (nSPS) is 11.1. The van der Waals surface area contributed by atoms with E-state index in [0.717, 1.165) is 6.33 Å². The van der Waals surface area contributed by atoms with E-state index in [9.17, 15) is 15.2 Å². The number of aliphatic hydroxyl groups is 1. The van der Waals surface area contributed by atoms with Crippen molar-refractivity contribution in [2.45, 2.75) is 19.4 Å². The first-order chi connectivity index (χ1) is 7.85. The van der Waals surface area contributed by atoms with Gasteiger partial charge in [0.15, 0.2) is 0 Å². The van der Waals surface area contributed by atoms with Crippen molar-refractivity contribution in [3.8, 4) is 5.88 Å². The molecule has 0 saturated carbocycles. The Labute approximate surface area is 97.8 Å². The molecular formula is C9H14N4O4. The van der Waals surface area contributed by atoms with Crippen molar-refractivity contribution in [3.63, 3.8) is 0 Å². The number of rotatable bonds is 5. The summed E-state index contributed by atoms with van der Waals surface area (Å²) in [7, 11) is 1.29. The summed E-state index contributed by atoms with van der Waals surface area (Å²) < 4.78 is 4.78. The second-order valence-corrected chi connectivity index (χ2v) is 4.00. The number of ether oxygens (including phenoxy) is 1. The fourth-order valence-corrected chi connectivity index (χ4v) is 1.11. The van der Waals surface area contributed by atoms with Crippen LogP contribution in [0.25, 0.3) is 0 Å². The van der Waals surface area contributed by atoms with E-state index in [1.54, 1.807) is 13.8 Å². The zero-order chi connectivity index (χ0) is 13.1. The second kappa shape index (κ2) is 4.91. The fourth-order valence-electron chi connectivity index (χ4n) is 1.11. The van der Waals surface area contributed by atoms with Crippen molar-refractivity contribution in [3.05, 3.63) is 16.4 Å². The molecule has 1 heterocycles. The minimum atomic E-state index is -1.01. The maximum atomic E-state index is 10.9. The van der Waals surface area contributed by atoms with Gasteiger partial charge in [-0.25, -0.2) is 4.98 Å². The molecule has 0 atom stereocenters. The number of hydrogen-bond donors (Lipinski definition) is 2. The molecule has 1 rings (SSSR count). The summed E-state index contributed by atoms with van der Waals surface area (Å²) >= 11 is 0. The standard InChI is InChI=1S/C9H14N4O4/c1-9(2,14)4-10-7-6(13(15)16)8(17-3)12-5-11-7/h5,14H,4H2,1-3H3,(H,10,11,12). The highest BCUT2D eigenvalue weighted by molar-refractivity contribution is 5.61. The Morgan fingerprint density at radius 1 is 1.59 bits per heavy atom. The first kappa shape index (κ1) is 13.1. The van der Waals surface area contributed by atoms with E-state index in [2.05, 4.69) is 15.3 Å². The van der Waals surface area contributed by atoms with E-state index >= 15 is 0 Å². The van der Waals surface area contributed by atoms with Crippen LogP contribution in [0.15, 0.2) is 6.33 Å². The molecule has 8 heteroatoms. The zero-order valence-electron chi connectivity index (χ0n) is 9.80. The van der Waals surface area contributed by atoms with Gasteiger partial charge in [-0.3, -0.25) is 10.1 Å². The lowest BCUT2D eigenvalue weighted by Gasteiger charge is -2.17. The largest absolute Gasteiger partial charge is 0.476 e. The first-order valence-electron chi connectivity index (χ1n) is 4.85. The van der Waals surface area contributed by atoms with Crippen molar-refractivity contribution in [1.29, 1.82) is 0 Å². The van der Waals surface area contributed by atoms with Crippen LogP contribution < -0.4 is 10.1 Å². The van der Waals surface area contributed by atoms with Gasteiger partial charge in [0, 0.05) is 6.54 Å². The van der Waals surface area contributed by atoms with Gasteiger partial charge in [-0.05, 0) is 13.8 Å². The Hall–Kier alpha value is -1.96. The van der Waals surface area contributed by atoms with Crippen molar-refractivity contribution < 1.29 is 14.8 Å². The van der Waals surface area contributed by atoms with Crippen molar-refractivity contribution >= 4 is 11.5 Å². The summed E-state index contributed by atoms with van der Waals surface area (Å²) in [5, 5.41) is 23.1. The molecule has 0 aliphatic rings. The third-order valence-corrected chi connectivity index (χ3v) is 1.85. The number of anilines is 1.